The van der Waals surface area contributed by atoms with Crippen LogP contribution in [0.25, 0.3) is 5.57 Å². The molecule has 0 saturated carbocycles. The van der Waals surface area contributed by atoms with Crippen molar-refractivity contribution >= 4 is 21.7 Å². The zero-order valence-corrected chi connectivity index (χ0v) is 21.2. The van der Waals surface area contributed by atoms with Gasteiger partial charge in [0, 0.05) is 70.0 Å². The van der Waals surface area contributed by atoms with Gasteiger partial charge in [-0.05, 0) is 48.9 Å². The van der Waals surface area contributed by atoms with Crippen molar-refractivity contribution in [2.45, 2.75) is 28.9 Å². The number of hydrazine groups is 1. The molecule has 36 heavy (non-hydrogen) atoms. The second kappa shape index (κ2) is 8.81. The van der Waals surface area contributed by atoms with Crippen LogP contribution in [0.1, 0.15) is 23.1 Å². The first-order valence-corrected chi connectivity index (χ1v) is 13.2. The summed E-state index contributed by atoms with van der Waals surface area (Å²) in [5.41, 5.74) is 9.94. The summed E-state index contributed by atoms with van der Waals surface area (Å²) >= 11 is 0. The lowest BCUT2D eigenvalue weighted by molar-refractivity contribution is 0.0815. The zero-order chi connectivity index (χ0) is 25.7. The van der Waals surface area contributed by atoms with Gasteiger partial charge in [0.1, 0.15) is 10.6 Å². The molecule has 0 radical (unpaired) electrons. The number of benzene rings is 2. The molecule has 1 fully saturated rings. The van der Waals surface area contributed by atoms with Crippen molar-refractivity contribution in [1.82, 2.24) is 9.88 Å². The van der Waals surface area contributed by atoms with Crippen molar-refractivity contribution in [3.8, 4) is 0 Å². The predicted molar refractivity (Wildman–Crippen MR) is 144 cm³/mol. The molecule has 186 valence electrons. The summed E-state index contributed by atoms with van der Waals surface area (Å²) in [5.74, 6) is 6.38. The Bertz CT molecular complexity index is 1410. The van der Waals surface area contributed by atoms with Gasteiger partial charge in [0.2, 0.25) is 0 Å². The fraction of sp³-hybridized carbons (Fsp3) is 0.179. The molecule has 0 aliphatic carbocycles. The maximum absolute atomic E-state index is 16.6. The summed E-state index contributed by atoms with van der Waals surface area (Å²) in [6.45, 7) is 6.74. The van der Waals surface area contributed by atoms with Gasteiger partial charge >= 0.3 is 0 Å². The molecule has 1 saturated heterocycles. The molecule has 3 heterocycles. The van der Waals surface area contributed by atoms with Crippen LogP contribution in [0.3, 0.4) is 0 Å². The Morgan fingerprint density at radius 2 is 1.97 bits per heavy atom. The van der Waals surface area contributed by atoms with Crippen LogP contribution in [0.15, 0.2) is 106 Å². The third-order valence-corrected chi connectivity index (χ3v) is 9.35. The van der Waals surface area contributed by atoms with Crippen LogP contribution in [0.5, 0.6) is 0 Å². The van der Waals surface area contributed by atoms with Crippen molar-refractivity contribution in [2.24, 2.45) is 11.6 Å². The van der Waals surface area contributed by atoms with Gasteiger partial charge in [0.25, 0.3) is 0 Å². The summed E-state index contributed by atoms with van der Waals surface area (Å²) in [7, 11) is -1.08. The highest BCUT2D eigenvalue weighted by molar-refractivity contribution is 8.32. The first kappa shape index (κ1) is 24.1. The van der Waals surface area contributed by atoms with Gasteiger partial charge in [-0.3, -0.25) is 5.01 Å². The fourth-order valence-electron chi connectivity index (χ4n) is 4.71. The number of aryl methyl sites for hydroxylation is 1. The number of hydrogen-bond acceptors (Lipinski definition) is 6. The van der Waals surface area contributed by atoms with E-state index in [1.807, 2.05) is 73.5 Å². The van der Waals surface area contributed by atoms with Crippen molar-refractivity contribution < 1.29 is 8.99 Å². The first-order valence-electron chi connectivity index (χ1n) is 11.7. The van der Waals surface area contributed by atoms with Crippen LogP contribution in [-0.4, -0.2) is 28.6 Å². The molecule has 2 aliphatic heterocycles. The van der Waals surface area contributed by atoms with Crippen molar-refractivity contribution in [3.05, 3.63) is 113 Å². The molecule has 2 aromatic carbocycles. The molecule has 0 spiro atoms. The number of aliphatic hydroxyl groups is 1. The molecule has 2 unspecified atom stereocenters. The zero-order valence-electron chi connectivity index (χ0n) is 20.4. The number of likely N-dealkylation sites (N-methyl/N-ethyl adjacent to an activating group) is 1. The average molecular weight is 504 g/mol. The van der Waals surface area contributed by atoms with Crippen LogP contribution in [-0.2, 0) is 5.60 Å². The minimum Gasteiger partial charge on any atom is -0.397 e. The molecular weight excluding hydrogens is 473 g/mol. The number of halogens is 1. The molecule has 5 N–H and O–H groups in total. The van der Waals surface area contributed by atoms with E-state index in [2.05, 4.69) is 11.6 Å². The highest BCUT2D eigenvalue weighted by atomic mass is 32.3. The molecule has 5 rings (SSSR count). The van der Waals surface area contributed by atoms with Crippen LogP contribution in [0.4, 0.5) is 9.57 Å². The van der Waals surface area contributed by atoms with E-state index in [4.69, 9.17) is 11.6 Å². The van der Waals surface area contributed by atoms with Gasteiger partial charge in [0.05, 0.1) is 11.4 Å². The number of rotatable bonds is 5. The first-order chi connectivity index (χ1) is 17.1. The Kier molecular flexibility index (Phi) is 5.90. The summed E-state index contributed by atoms with van der Waals surface area (Å²) < 4.78 is 16.6. The van der Waals surface area contributed by atoms with Gasteiger partial charge in [0.15, 0.2) is 0 Å². The van der Waals surface area contributed by atoms with E-state index in [1.54, 1.807) is 23.9 Å². The highest BCUT2D eigenvalue weighted by Gasteiger charge is 2.40. The number of likely N-dealkylation sites (tertiary alicyclic amines) is 1. The topological polar surface area (TPSA) is 91.6 Å². The van der Waals surface area contributed by atoms with Crippen LogP contribution < -0.4 is 16.6 Å². The van der Waals surface area contributed by atoms with Gasteiger partial charge < -0.3 is 15.7 Å². The van der Waals surface area contributed by atoms with Gasteiger partial charge in [-0.25, -0.2) is 10.8 Å². The molecule has 0 amide bonds. The lowest BCUT2D eigenvalue weighted by atomic mass is 9.90. The normalized spacial score (nSPS) is 25.4. The quantitative estimate of drug-likeness (QED) is 0.333. The third-order valence-electron chi connectivity index (χ3n) is 6.95. The van der Waals surface area contributed by atoms with E-state index >= 15 is 3.89 Å². The molecule has 1 aromatic heterocycles. The number of allylic oxidation sites excluding steroid dienone is 1. The van der Waals surface area contributed by atoms with E-state index in [1.165, 1.54) is 5.01 Å². The Labute approximate surface area is 212 Å². The number of nitrogens with zero attached hydrogens (tertiary/aromatic N) is 3. The van der Waals surface area contributed by atoms with Crippen LogP contribution in [0, 0.1) is 6.92 Å². The summed E-state index contributed by atoms with van der Waals surface area (Å²) in [5, 5.41) is 14.6. The fourth-order valence-corrected chi connectivity index (χ4v) is 7.01. The Morgan fingerprint density at radius 1 is 1.22 bits per heavy atom. The minimum atomic E-state index is -2.99. The number of hydrogen-bond donors (Lipinski definition) is 3. The molecular formula is C28H30FN5OS. The Hall–Kier alpha value is -3.59. The maximum atomic E-state index is 16.6. The maximum Gasteiger partial charge on any atom is 0.130 e. The van der Waals surface area contributed by atoms with E-state index in [9.17, 15) is 5.11 Å². The largest absolute Gasteiger partial charge is 0.397 e. The minimum absolute atomic E-state index is 0.319. The van der Waals surface area contributed by atoms with Gasteiger partial charge in [-0.15, -0.1) is 0 Å². The predicted octanol–water partition coefficient (Wildman–Crippen LogP) is 5.07. The molecule has 6 nitrogen and oxygen atoms in total. The smallest absolute Gasteiger partial charge is 0.130 e. The lowest BCUT2D eigenvalue weighted by Gasteiger charge is -2.27. The second-order valence-corrected chi connectivity index (χ2v) is 11.6. The van der Waals surface area contributed by atoms with Gasteiger partial charge in [-0.2, -0.15) is 3.89 Å². The summed E-state index contributed by atoms with van der Waals surface area (Å²) in [4.78, 5) is 6.92. The van der Waals surface area contributed by atoms with E-state index < -0.39 is 16.0 Å². The molecule has 2 aliphatic rings. The Balaban J connectivity index is 1.50. The highest BCUT2D eigenvalue weighted by Crippen LogP contribution is 2.70. The number of aromatic nitrogens is 1. The second-order valence-electron chi connectivity index (χ2n) is 9.30. The monoisotopic (exact) mass is 503 g/mol. The molecule has 0 bridgehead atoms. The van der Waals surface area contributed by atoms with Crippen LogP contribution >= 0.6 is 10.4 Å². The summed E-state index contributed by atoms with van der Waals surface area (Å²) in [6.07, 6.45) is 3.72. The van der Waals surface area contributed by atoms with E-state index in [0.717, 1.165) is 5.56 Å². The standard InChI is InChI=1S/C28H30FN5OS/c1-19-9-11-23(12-10-19)36(29)18-25(24-8-5-14-32-27(24)36)26(30)17-34(31)22-7-4-6-21(16-22)28(35)13-15-33(3)20(28)2/h4-12,14,16-18,35H,2,13,15,30-31H2,1,3H3/b26-17-. The van der Waals surface area contributed by atoms with Gasteiger partial charge in [-0.1, -0.05) is 36.4 Å². The van der Waals surface area contributed by atoms with Crippen LogP contribution in [0.2, 0.25) is 0 Å². The summed E-state index contributed by atoms with van der Waals surface area (Å²) in [6, 6.07) is 18.4. The number of fused-ring (bicyclic) bond motifs is 1. The molecule has 2 atom stereocenters. The lowest BCUT2D eigenvalue weighted by Crippen LogP contribution is -2.29. The number of nitrogens with two attached hydrogens (primary N) is 2. The number of anilines is 1. The third kappa shape index (κ3) is 3.87. The number of pyridine rings is 1. The van der Waals surface area contributed by atoms with Crippen molar-refractivity contribution in [2.75, 3.05) is 18.6 Å². The van der Waals surface area contributed by atoms with E-state index in [0.29, 0.717) is 56.7 Å². The van der Waals surface area contributed by atoms with Crippen molar-refractivity contribution in [1.29, 1.82) is 0 Å². The Morgan fingerprint density at radius 3 is 2.67 bits per heavy atom. The SMILES string of the molecule is C=C1N(C)CCC1(O)c1cccc(N(N)/C=C(\N)C2=CS(F)(c3ccc(C)cc3)c3ncccc32)c1. The van der Waals surface area contributed by atoms with Crippen molar-refractivity contribution in [3.63, 3.8) is 0 Å². The van der Waals surface area contributed by atoms with E-state index in [-0.39, 0.29) is 0 Å². The molecule has 8 heteroatoms. The average Bonchev–Trinajstić information content (AvgIpc) is 3.34. The molecule has 3 aromatic rings.